The SMILES string of the molecule is Cl.NC(CC(O)C(=O)NC1CC1)C1CCC1. The quantitative estimate of drug-likeness (QED) is 0.666. The maximum Gasteiger partial charge on any atom is 0.249 e. The Morgan fingerprint density at radius 2 is 2.00 bits per heavy atom. The van der Waals surface area contributed by atoms with Crippen molar-refractivity contribution in [2.24, 2.45) is 11.7 Å². The zero-order chi connectivity index (χ0) is 10.8. The highest BCUT2D eigenvalue weighted by Gasteiger charge is 2.30. The van der Waals surface area contributed by atoms with E-state index in [1.165, 1.54) is 6.42 Å². The van der Waals surface area contributed by atoms with Crippen molar-refractivity contribution in [3.05, 3.63) is 0 Å². The molecule has 0 heterocycles. The molecular formula is C11H21ClN2O2. The van der Waals surface area contributed by atoms with E-state index in [1.807, 2.05) is 0 Å². The van der Waals surface area contributed by atoms with Crippen LogP contribution in [0.25, 0.3) is 0 Å². The molecule has 2 fully saturated rings. The second-order valence-electron chi connectivity index (χ2n) is 4.89. The van der Waals surface area contributed by atoms with Crippen LogP contribution in [0.2, 0.25) is 0 Å². The third-order valence-corrected chi connectivity index (χ3v) is 3.48. The van der Waals surface area contributed by atoms with Crippen LogP contribution in [0.5, 0.6) is 0 Å². The summed E-state index contributed by atoms with van der Waals surface area (Å²) in [5.74, 6) is 0.278. The molecule has 0 spiro atoms. The van der Waals surface area contributed by atoms with Gasteiger partial charge in [-0.2, -0.15) is 0 Å². The second-order valence-corrected chi connectivity index (χ2v) is 4.89. The van der Waals surface area contributed by atoms with Crippen molar-refractivity contribution in [3.8, 4) is 0 Å². The lowest BCUT2D eigenvalue weighted by Crippen LogP contribution is -2.43. The van der Waals surface area contributed by atoms with Gasteiger partial charge in [-0.1, -0.05) is 6.42 Å². The number of carbonyl (C=O) groups is 1. The van der Waals surface area contributed by atoms with Crippen LogP contribution in [-0.4, -0.2) is 29.2 Å². The summed E-state index contributed by atoms with van der Waals surface area (Å²) in [6.07, 6.45) is 5.13. The predicted octanol–water partition coefficient (Wildman–Crippen LogP) is 0.565. The van der Waals surface area contributed by atoms with E-state index in [0.29, 0.717) is 18.4 Å². The van der Waals surface area contributed by atoms with Gasteiger partial charge in [-0.15, -0.1) is 12.4 Å². The average molecular weight is 249 g/mol. The number of carbonyl (C=O) groups excluding carboxylic acids is 1. The van der Waals surface area contributed by atoms with E-state index in [1.54, 1.807) is 0 Å². The number of rotatable bonds is 5. The van der Waals surface area contributed by atoms with Gasteiger partial charge in [0.25, 0.3) is 0 Å². The third-order valence-electron chi connectivity index (χ3n) is 3.48. The zero-order valence-corrected chi connectivity index (χ0v) is 10.2. The molecule has 0 radical (unpaired) electrons. The maximum absolute atomic E-state index is 11.4. The van der Waals surface area contributed by atoms with Gasteiger partial charge < -0.3 is 16.2 Å². The molecule has 5 heteroatoms. The van der Waals surface area contributed by atoms with Crippen LogP contribution >= 0.6 is 12.4 Å². The molecular weight excluding hydrogens is 228 g/mol. The molecule has 1 amide bonds. The van der Waals surface area contributed by atoms with Crippen LogP contribution in [0, 0.1) is 5.92 Å². The van der Waals surface area contributed by atoms with Crippen molar-refractivity contribution >= 4 is 18.3 Å². The van der Waals surface area contributed by atoms with Crippen LogP contribution in [0.4, 0.5) is 0 Å². The second kappa shape index (κ2) is 5.84. The van der Waals surface area contributed by atoms with Crippen molar-refractivity contribution in [2.45, 2.75) is 56.7 Å². The van der Waals surface area contributed by atoms with E-state index in [4.69, 9.17) is 5.73 Å². The van der Waals surface area contributed by atoms with Gasteiger partial charge in [-0.3, -0.25) is 4.79 Å². The third kappa shape index (κ3) is 3.61. The fourth-order valence-corrected chi connectivity index (χ4v) is 1.95. The number of hydrogen-bond donors (Lipinski definition) is 3. The highest BCUT2D eigenvalue weighted by molar-refractivity contribution is 5.85. The maximum atomic E-state index is 11.4. The van der Waals surface area contributed by atoms with Crippen molar-refractivity contribution < 1.29 is 9.90 Å². The summed E-state index contributed by atoms with van der Waals surface area (Å²) in [6.45, 7) is 0. The van der Waals surface area contributed by atoms with Gasteiger partial charge in [0, 0.05) is 12.1 Å². The van der Waals surface area contributed by atoms with E-state index < -0.39 is 6.10 Å². The van der Waals surface area contributed by atoms with E-state index in [0.717, 1.165) is 25.7 Å². The minimum Gasteiger partial charge on any atom is -0.383 e. The smallest absolute Gasteiger partial charge is 0.249 e. The number of hydrogen-bond acceptors (Lipinski definition) is 3. The first-order valence-corrected chi connectivity index (χ1v) is 5.91. The first kappa shape index (κ1) is 13.7. The predicted molar refractivity (Wildman–Crippen MR) is 64.4 cm³/mol. The van der Waals surface area contributed by atoms with Crippen LogP contribution < -0.4 is 11.1 Å². The highest BCUT2D eigenvalue weighted by Crippen LogP contribution is 2.30. The molecule has 0 aromatic heterocycles. The molecule has 4 N–H and O–H groups in total. The fourth-order valence-electron chi connectivity index (χ4n) is 1.95. The number of aliphatic hydroxyl groups excluding tert-OH is 1. The summed E-state index contributed by atoms with van der Waals surface area (Å²) in [5, 5.41) is 12.4. The molecule has 94 valence electrons. The van der Waals surface area contributed by atoms with Crippen molar-refractivity contribution in [3.63, 3.8) is 0 Å². The monoisotopic (exact) mass is 248 g/mol. The number of nitrogens with one attached hydrogen (secondary N) is 1. The molecule has 0 aromatic carbocycles. The Labute approximate surface area is 102 Å². The van der Waals surface area contributed by atoms with E-state index >= 15 is 0 Å². The first-order valence-electron chi connectivity index (χ1n) is 5.91. The molecule has 2 unspecified atom stereocenters. The minimum absolute atomic E-state index is 0. The van der Waals surface area contributed by atoms with Crippen molar-refractivity contribution in [1.29, 1.82) is 0 Å². The van der Waals surface area contributed by atoms with E-state index in [-0.39, 0.29) is 24.4 Å². The van der Waals surface area contributed by atoms with Gasteiger partial charge >= 0.3 is 0 Å². The molecule has 0 aromatic rings. The lowest BCUT2D eigenvalue weighted by molar-refractivity contribution is -0.130. The summed E-state index contributed by atoms with van der Waals surface area (Å²) < 4.78 is 0. The molecule has 0 aliphatic heterocycles. The van der Waals surface area contributed by atoms with Gasteiger partial charge in [-0.25, -0.2) is 0 Å². The lowest BCUT2D eigenvalue weighted by atomic mass is 9.78. The van der Waals surface area contributed by atoms with Crippen molar-refractivity contribution in [2.75, 3.05) is 0 Å². The van der Waals surface area contributed by atoms with Crippen LogP contribution in [0.15, 0.2) is 0 Å². The molecule has 2 saturated carbocycles. The van der Waals surface area contributed by atoms with Crippen molar-refractivity contribution in [1.82, 2.24) is 5.32 Å². The number of aliphatic hydroxyl groups is 1. The molecule has 4 nitrogen and oxygen atoms in total. The molecule has 0 saturated heterocycles. The lowest BCUT2D eigenvalue weighted by Gasteiger charge is -2.32. The van der Waals surface area contributed by atoms with Gasteiger partial charge in [-0.05, 0) is 38.0 Å². The number of halogens is 1. The van der Waals surface area contributed by atoms with Gasteiger partial charge in [0.2, 0.25) is 5.91 Å². The topological polar surface area (TPSA) is 75.3 Å². The Balaban J connectivity index is 0.00000128. The molecule has 0 bridgehead atoms. The standard InChI is InChI=1S/C11H20N2O2.ClH/c12-9(7-2-1-3-7)6-10(14)11(15)13-8-4-5-8;/h7-10,14H,1-6,12H2,(H,13,15);1H. The molecule has 2 atom stereocenters. The normalized spacial score (nSPS) is 23.9. The van der Waals surface area contributed by atoms with Crippen LogP contribution in [-0.2, 0) is 4.79 Å². The highest BCUT2D eigenvalue weighted by atomic mass is 35.5. The number of nitrogens with two attached hydrogens (primary N) is 1. The summed E-state index contributed by atoms with van der Waals surface area (Å²) in [5.41, 5.74) is 5.92. The Bertz CT molecular complexity index is 242. The number of amides is 1. The first-order chi connectivity index (χ1) is 7.16. The fraction of sp³-hybridized carbons (Fsp3) is 0.909. The molecule has 16 heavy (non-hydrogen) atoms. The zero-order valence-electron chi connectivity index (χ0n) is 9.39. The van der Waals surface area contributed by atoms with Gasteiger partial charge in [0.05, 0.1) is 0 Å². The Hall–Kier alpha value is -0.320. The molecule has 2 aliphatic rings. The largest absolute Gasteiger partial charge is 0.383 e. The van der Waals surface area contributed by atoms with E-state index in [9.17, 15) is 9.90 Å². The average Bonchev–Trinajstić information content (AvgIpc) is 2.84. The van der Waals surface area contributed by atoms with Gasteiger partial charge in [0.1, 0.15) is 6.10 Å². The molecule has 2 aliphatic carbocycles. The minimum atomic E-state index is -0.916. The van der Waals surface area contributed by atoms with Gasteiger partial charge in [0.15, 0.2) is 0 Å². The summed E-state index contributed by atoms with van der Waals surface area (Å²) in [6, 6.07) is 0.297. The molecule has 2 rings (SSSR count). The Morgan fingerprint density at radius 3 is 2.44 bits per heavy atom. The summed E-state index contributed by atoms with van der Waals surface area (Å²) in [7, 11) is 0. The van der Waals surface area contributed by atoms with Crippen LogP contribution in [0.3, 0.4) is 0 Å². The Kier molecular flexibility index (Phi) is 5.02. The van der Waals surface area contributed by atoms with Crippen LogP contribution in [0.1, 0.15) is 38.5 Å². The Morgan fingerprint density at radius 1 is 1.38 bits per heavy atom. The summed E-state index contributed by atoms with van der Waals surface area (Å²) >= 11 is 0. The van der Waals surface area contributed by atoms with E-state index in [2.05, 4.69) is 5.32 Å². The summed E-state index contributed by atoms with van der Waals surface area (Å²) in [4.78, 5) is 11.4.